The van der Waals surface area contributed by atoms with E-state index in [1.54, 1.807) is 0 Å². The second-order valence-corrected chi connectivity index (χ2v) is 4.06. The number of nitrogens with one attached hydrogen (secondary N) is 3. The average molecular weight is 293 g/mol. The lowest BCUT2D eigenvalue weighted by molar-refractivity contribution is 0.0690. The highest BCUT2D eigenvalue weighted by atomic mass is 16.4. The van der Waals surface area contributed by atoms with Gasteiger partial charge in [-0.15, -0.1) is 0 Å². The minimum atomic E-state index is -1.14. The summed E-state index contributed by atoms with van der Waals surface area (Å²) in [7, 11) is 0. The number of carbonyl (C=O) groups is 2. The molecule has 110 valence electrons. The number of hydrogen-bond donors (Lipinski definition) is 4. The number of aromatic amines is 2. The summed E-state index contributed by atoms with van der Waals surface area (Å²) in [6, 6.07) is 0.969. The third kappa shape index (κ3) is 3.65. The predicted molar refractivity (Wildman–Crippen MR) is 69.2 cm³/mol. The molecule has 0 aliphatic rings. The first-order chi connectivity index (χ1) is 9.95. The van der Waals surface area contributed by atoms with Crippen molar-refractivity contribution in [3.63, 3.8) is 0 Å². The van der Waals surface area contributed by atoms with Crippen molar-refractivity contribution in [3.05, 3.63) is 50.8 Å². The lowest BCUT2D eigenvalue weighted by Crippen LogP contribution is -2.32. The van der Waals surface area contributed by atoms with Gasteiger partial charge >= 0.3 is 11.7 Å². The highest BCUT2D eigenvalue weighted by Gasteiger charge is 2.08. The fourth-order valence-corrected chi connectivity index (χ4v) is 1.58. The molecule has 0 aromatic carbocycles. The van der Waals surface area contributed by atoms with Gasteiger partial charge in [-0.1, -0.05) is 0 Å². The lowest BCUT2D eigenvalue weighted by atomic mass is 10.4. The number of carboxylic acid groups (broad SMARTS) is 1. The maximum atomic E-state index is 11.7. The standard InChI is InChI=1S/C11H11N5O5/c17-8-3-6(14-11(21)15-8)9(18)12-1-2-16-4-7(10(19)20)13-5-16/h3-5H,1-2H2,(H,12,18)(H,19,20)(H2,14,15,17,21). The van der Waals surface area contributed by atoms with E-state index in [9.17, 15) is 19.2 Å². The van der Waals surface area contributed by atoms with Crippen molar-refractivity contribution in [2.45, 2.75) is 6.54 Å². The topological polar surface area (TPSA) is 150 Å². The van der Waals surface area contributed by atoms with Gasteiger partial charge in [0.15, 0.2) is 5.69 Å². The number of aromatic carboxylic acids is 1. The summed E-state index contributed by atoms with van der Waals surface area (Å²) in [6.45, 7) is 0.461. The van der Waals surface area contributed by atoms with Crippen LogP contribution in [0.5, 0.6) is 0 Å². The van der Waals surface area contributed by atoms with Crippen LogP contribution >= 0.6 is 0 Å². The Kier molecular flexibility index (Phi) is 3.97. The molecule has 0 aliphatic heterocycles. The molecule has 0 atom stereocenters. The molecule has 2 rings (SSSR count). The van der Waals surface area contributed by atoms with Crippen LogP contribution in [-0.4, -0.2) is 43.0 Å². The maximum Gasteiger partial charge on any atom is 0.356 e. The summed E-state index contributed by atoms with van der Waals surface area (Å²) in [4.78, 5) is 52.2. The van der Waals surface area contributed by atoms with E-state index in [2.05, 4.69) is 15.3 Å². The largest absolute Gasteiger partial charge is 0.476 e. The summed E-state index contributed by atoms with van der Waals surface area (Å²) >= 11 is 0. The predicted octanol–water partition coefficient (Wildman–Crippen LogP) is -1.61. The Morgan fingerprint density at radius 2 is 2.10 bits per heavy atom. The monoisotopic (exact) mass is 293 g/mol. The number of H-pyrrole nitrogens is 2. The van der Waals surface area contributed by atoms with Crippen LogP contribution in [0, 0.1) is 0 Å². The Bertz CT molecular complexity index is 758. The quantitative estimate of drug-likeness (QED) is 0.520. The molecule has 2 heterocycles. The fourth-order valence-electron chi connectivity index (χ4n) is 1.58. The molecule has 0 fully saturated rings. The molecule has 0 bridgehead atoms. The Hall–Kier alpha value is -3.17. The van der Waals surface area contributed by atoms with E-state index >= 15 is 0 Å². The molecule has 0 saturated heterocycles. The third-order valence-corrected chi connectivity index (χ3v) is 2.51. The van der Waals surface area contributed by atoms with Crippen LogP contribution in [0.1, 0.15) is 21.0 Å². The highest BCUT2D eigenvalue weighted by Crippen LogP contribution is 1.95. The summed E-state index contributed by atoms with van der Waals surface area (Å²) < 4.78 is 1.49. The molecular weight excluding hydrogens is 282 g/mol. The van der Waals surface area contributed by atoms with Gasteiger partial charge in [-0.05, 0) is 0 Å². The summed E-state index contributed by atoms with van der Waals surface area (Å²) in [5.74, 6) is -1.75. The molecule has 0 saturated carbocycles. The van der Waals surface area contributed by atoms with Gasteiger partial charge in [-0.25, -0.2) is 14.6 Å². The number of carboxylic acids is 1. The molecule has 0 radical (unpaired) electrons. The first kappa shape index (κ1) is 14.2. The zero-order valence-electron chi connectivity index (χ0n) is 10.6. The van der Waals surface area contributed by atoms with Gasteiger partial charge in [0, 0.05) is 25.4 Å². The number of rotatable bonds is 5. The molecule has 10 heteroatoms. The summed E-state index contributed by atoms with van der Waals surface area (Å²) in [5.41, 5.74) is -1.70. The second-order valence-electron chi connectivity index (χ2n) is 4.06. The number of aromatic nitrogens is 4. The van der Waals surface area contributed by atoms with E-state index in [1.165, 1.54) is 17.1 Å². The van der Waals surface area contributed by atoms with Crippen molar-refractivity contribution < 1.29 is 14.7 Å². The first-order valence-electron chi connectivity index (χ1n) is 5.82. The summed E-state index contributed by atoms with van der Waals surface area (Å²) in [5, 5.41) is 11.2. The van der Waals surface area contributed by atoms with Crippen molar-refractivity contribution in [2.75, 3.05) is 6.54 Å². The molecule has 2 aromatic heterocycles. The van der Waals surface area contributed by atoms with Gasteiger partial charge in [0.1, 0.15) is 5.69 Å². The van der Waals surface area contributed by atoms with Crippen LogP contribution in [0.4, 0.5) is 0 Å². The van der Waals surface area contributed by atoms with E-state index in [0.717, 1.165) is 6.07 Å². The van der Waals surface area contributed by atoms with Gasteiger partial charge < -0.3 is 20.0 Å². The highest BCUT2D eigenvalue weighted by molar-refractivity contribution is 5.91. The van der Waals surface area contributed by atoms with Crippen molar-refractivity contribution >= 4 is 11.9 Å². The number of carbonyl (C=O) groups excluding carboxylic acids is 1. The average Bonchev–Trinajstić information content (AvgIpc) is 2.86. The Labute approximate surface area is 116 Å². The van der Waals surface area contributed by atoms with Gasteiger partial charge in [0.25, 0.3) is 11.5 Å². The van der Waals surface area contributed by atoms with Crippen LogP contribution in [0.2, 0.25) is 0 Å². The Balaban J connectivity index is 1.93. The lowest BCUT2D eigenvalue weighted by Gasteiger charge is -2.05. The van der Waals surface area contributed by atoms with Crippen LogP contribution in [0.3, 0.4) is 0 Å². The molecule has 4 N–H and O–H groups in total. The minimum absolute atomic E-state index is 0.0970. The zero-order valence-corrected chi connectivity index (χ0v) is 10.6. The molecule has 0 unspecified atom stereocenters. The van der Waals surface area contributed by atoms with Crippen molar-refractivity contribution in [1.29, 1.82) is 0 Å². The SMILES string of the molecule is O=C(O)c1cn(CCNC(=O)c2cc(=O)[nH]c(=O)[nH]2)cn1. The van der Waals surface area contributed by atoms with Crippen LogP contribution in [0.25, 0.3) is 0 Å². The van der Waals surface area contributed by atoms with Gasteiger partial charge in [-0.2, -0.15) is 0 Å². The van der Waals surface area contributed by atoms with Crippen LogP contribution in [0.15, 0.2) is 28.2 Å². The first-order valence-corrected chi connectivity index (χ1v) is 5.82. The maximum absolute atomic E-state index is 11.7. The van der Waals surface area contributed by atoms with Crippen molar-refractivity contribution in [1.82, 2.24) is 24.8 Å². The van der Waals surface area contributed by atoms with Crippen molar-refractivity contribution in [3.8, 4) is 0 Å². The van der Waals surface area contributed by atoms with E-state index in [4.69, 9.17) is 5.11 Å². The van der Waals surface area contributed by atoms with Crippen LogP contribution < -0.4 is 16.6 Å². The molecule has 10 nitrogen and oxygen atoms in total. The smallest absolute Gasteiger partial charge is 0.356 e. The normalized spacial score (nSPS) is 10.3. The molecule has 0 aliphatic carbocycles. The van der Waals surface area contributed by atoms with Gasteiger partial charge in [-0.3, -0.25) is 14.6 Å². The minimum Gasteiger partial charge on any atom is -0.476 e. The Morgan fingerprint density at radius 3 is 2.71 bits per heavy atom. The number of nitrogens with zero attached hydrogens (tertiary/aromatic N) is 2. The zero-order chi connectivity index (χ0) is 15.4. The second kappa shape index (κ2) is 5.86. The summed E-state index contributed by atoms with van der Waals surface area (Å²) in [6.07, 6.45) is 2.65. The fraction of sp³-hybridized carbons (Fsp3) is 0.182. The Morgan fingerprint density at radius 1 is 1.33 bits per heavy atom. The number of amides is 1. The van der Waals surface area contributed by atoms with Crippen LogP contribution in [-0.2, 0) is 6.54 Å². The van der Waals surface area contributed by atoms with E-state index in [1.807, 2.05) is 4.98 Å². The molecule has 2 aromatic rings. The number of hydrogen-bond acceptors (Lipinski definition) is 5. The van der Waals surface area contributed by atoms with E-state index in [-0.39, 0.29) is 17.9 Å². The van der Waals surface area contributed by atoms with Gasteiger partial charge in [0.2, 0.25) is 0 Å². The van der Waals surface area contributed by atoms with E-state index in [0.29, 0.717) is 6.54 Å². The molecule has 0 spiro atoms. The molecular formula is C11H11N5O5. The van der Waals surface area contributed by atoms with Gasteiger partial charge in [0.05, 0.1) is 6.33 Å². The molecule has 1 amide bonds. The molecule has 21 heavy (non-hydrogen) atoms. The third-order valence-electron chi connectivity index (χ3n) is 2.51. The van der Waals surface area contributed by atoms with Crippen molar-refractivity contribution in [2.24, 2.45) is 0 Å². The van der Waals surface area contributed by atoms with E-state index < -0.39 is 23.1 Å². The number of imidazole rings is 1.